The van der Waals surface area contributed by atoms with Gasteiger partial charge in [0.25, 0.3) is 0 Å². The van der Waals surface area contributed by atoms with Crippen LogP contribution in [0.2, 0.25) is 10.0 Å². The normalized spacial score (nSPS) is 10.9. The molecule has 2 rings (SSSR count). The number of H-pyrrole nitrogens is 1. The second-order valence-electron chi connectivity index (χ2n) is 3.92. The predicted octanol–water partition coefficient (Wildman–Crippen LogP) is 3.68. The van der Waals surface area contributed by atoms with Gasteiger partial charge in [0.2, 0.25) is 5.91 Å². The SMILES string of the molecule is Cc1cn[nH]c1NC(=O)/C=C/c1ccc(Cl)cc1Cl. The van der Waals surface area contributed by atoms with E-state index in [4.69, 9.17) is 23.2 Å². The molecule has 0 bridgehead atoms. The van der Waals surface area contributed by atoms with Crippen molar-refractivity contribution in [3.8, 4) is 0 Å². The number of carbonyl (C=O) groups excluding carboxylic acids is 1. The highest BCUT2D eigenvalue weighted by atomic mass is 35.5. The van der Waals surface area contributed by atoms with E-state index in [1.807, 2.05) is 6.92 Å². The van der Waals surface area contributed by atoms with E-state index in [1.165, 1.54) is 6.08 Å². The molecule has 6 heteroatoms. The lowest BCUT2D eigenvalue weighted by Crippen LogP contribution is -2.08. The molecule has 0 aliphatic rings. The molecule has 0 saturated heterocycles. The smallest absolute Gasteiger partial charge is 0.249 e. The number of amides is 1. The third-order valence-electron chi connectivity index (χ3n) is 2.45. The average Bonchev–Trinajstić information content (AvgIpc) is 2.74. The van der Waals surface area contributed by atoms with Crippen molar-refractivity contribution < 1.29 is 4.79 Å². The van der Waals surface area contributed by atoms with Crippen molar-refractivity contribution in [1.29, 1.82) is 0 Å². The van der Waals surface area contributed by atoms with E-state index in [9.17, 15) is 4.79 Å². The van der Waals surface area contributed by atoms with Crippen LogP contribution in [0, 0.1) is 6.92 Å². The van der Waals surface area contributed by atoms with Crippen molar-refractivity contribution in [2.45, 2.75) is 6.92 Å². The third-order valence-corrected chi connectivity index (χ3v) is 3.02. The fourth-order valence-electron chi connectivity index (χ4n) is 1.44. The van der Waals surface area contributed by atoms with Crippen molar-refractivity contribution in [2.75, 3.05) is 5.32 Å². The van der Waals surface area contributed by atoms with Gasteiger partial charge in [-0.05, 0) is 30.7 Å². The van der Waals surface area contributed by atoms with Gasteiger partial charge >= 0.3 is 0 Å². The Labute approximate surface area is 120 Å². The molecule has 0 saturated carbocycles. The molecule has 0 aliphatic carbocycles. The lowest BCUT2D eigenvalue weighted by atomic mass is 10.2. The summed E-state index contributed by atoms with van der Waals surface area (Å²) in [6, 6.07) is 5.08. The Hall–Kier alpha value is -1.78. The molecule has 0 spiro atoms. The summed E-state index contributed by atoms with van der Waals surface area (Å²) in [6.45, 7) is 1.85. The number of carbonyl (C=O) groups is 1. The first kappa shape index (κ1) is 13.6. The number of anilines is 1. The van der Waals surface area contributed by atoms with E-state index in [-0.39, 0.29) is 5.91 Å². The van der Waals surface area contributed by atoms with Crippen LogP contribution in [-0.2, 0) is 4.79 Å². The summed E-state index contributed by atoms with van der Waals surface area (Å²) in [5.74, 6) is 0.315. The van der Waals surface area contributed by atoms with Gasteiger partial charge in [-0.3, -0.25) is 9.89 Å². The molecule has 0 unspecified atom stereocenters. The average molecular weight is 296 g/mol. The van der Waals surface area contributed by atoms with Gasteiger partial charge in [-0.15, -0.1) is 0 Å². The number of aryl methyl sites for hydroxylation is 1. The van der Waals surface area contributed by atoms with Crippen molar-refractivity contribution in [3.63, 3.8) is 0 Å². The maximum Gasteiger partial charge on any atom is 0.249 e. The number of hydrogen-bond donors (Lipinski definition) is 2. The molecule has 2 aromatic rings. The summed E-state index contributed by atoms with van der Waals surface area (Å²) in [6.07, 6.45) is 4.66. The van der Waals surface area contributed by atoms with Crippen molar-refractivity contribution in [3.05, 3.63) is 51.6 Å². The zero-order valence-corrected chi connectivity index (χ0v) is 11.6. The lowest BCUT2D eigenvalue weighted by molar-refractivity contribution is -0.111. The zero-order chi connectivity index (χ0) is 13.8. The van der Waals surface area contributed by atoms with Gasteiger partial charge in [0.15, 0.2) is 0 Å². The van der Waals surface area contributed by atoms with E-state index in [1.54, 1.807) is 30.5 Å². The van der Waals surface area contributed by atoms with Crippen LogP contribution in [-0.4, -0.2) is 16.1 Å². The Morgan fingerprint density at radius 2 is 2.21 bits per heavy atom. The fraction of sp³-hybridized carbons (Fsp3) is 0.0769. The molecule has 98 valence electrons. The molecule has 19 heavy (non-hydrogen) atoms. The Bertz CT molecular complexity index is 635. The number of aromatic nitrogens is 2. The molecule has 2 N–H and O–H groups in total. The molecule has 1 aromatic carbocycles. The number of halogens is 2. The quantitative estimate of drug-likeness (QED) is 0.849. The molecule has 0 fully saturated rings. The van der Waals surface area contributed by atoms with E-state index in [2.05, 4.69) is 15.5 Å². The van der Waals surface area contributed by atoms with Crippen LogP contribution >= 0.6 is 23.2 Å². The van der Waals surface area contributed by atoms with Crippen LogP contribution < -0.4 is 5.32 Å². The summed E-state index contributed by atoms with van der Waals surface area (Å²) in [5.41, 5.74) is 1.59. The molecule has 0 atom stereocenters. The van der Waals surface area contributed by atoms with E-state index in [0.717, 1.165) is 11.1 Å². The number of rotatable bonds is 3. The maximum absolute atomic E-state index is 11.7. The number of benzene rings is 1. The molecule has 0 aliphatic heterocycles. The zero-order valence-electron chi connectivity index (χ0n) is 10.1. The van der Waals surface area contributed by atoms with Crippen LogP contribution in [0.5, 0.6) is 0 Å². The second kappa shape index (κ2) is 5.91. The van der Waals surface area contributed by atoms with Crippen LogP contribution in [0.1, 0.15) is 11.1 Å². The minimum Gasteiger partial charge on any atom is -0.307 e. The highest BCUT2D eigenvalue weighted by Gasteiger charge is 2.03. The predicted molar refractivity (Wildman–Crippen MR) is 77.5 cm³/mol. The first-order valence-corrected chi connectivity index (χ1v) is 6.26. The largest absolute Gasteiger partial charge is 0.307 e. The van der Waals surface area contributed by atoms with E-state index >= 15 is 0 Å². The standard InChI is InChI=1S/C13H11Cl2N3O/c1-8-7-16-18-13(8)17-12(19)5-3-9-2-4-10(14)6-11(9)15/h2-7H,1H3,(H2,16,17,18,19)/b5-3+. The second-order valence-corrected chi connectivity index (χ2v) is 4.76. The Balaban J connectivity index is 2.06. The summed E-state index contributed by atoms with van der Waals surface area (Å²) < 4.78 is 0. The molecule has 1 heterocycles. The molecule has 4 nitrogen and oxygen atoms in total. The van der Waals surface area contributed by atoms with Gasteiger partial charge in [0, 0.05) is 21.7 Å². The third kappa shape index (κ3) is 3.59. The summed E-state index contributed by atoms with van der Waals surface area (Å²) >= 11 is 11.8. The lowest BCUT2D eigenvalue weighted by Gasteiger charge is -2.00. The van der Waals surface area contributed by atoms with Crippen LogP contribution in [0.25, 0.3) is 6.08 Å². The summed E-state index contributed by atoms with van der Waals surface area (Å²) in [7, 11) is 0. The van der Waals surface area contributed by atoms with Crippen LogP contribution in [0.3, 0.4) is 0 Å². The monoisotopic (exact) mass is 295 g/mol. The molecule has 1 amide bonds. The van der Waals surface area contributed by atoms with Crippen LogP contribution in [0.15, 0.2) is 30.5 Å². The Kier molecular flexibility index (Phi) is 4.24. The van der Waals surface area contributed by atoms with Gasteiger partial charge in [-0.1, -0.05) is 29.3 Å². The van der Waals surface area contributed by atoms with Crippen molar-refractivity contribution >= 4 is 41.0 Å². The first-order chi connectivity index (χ1) is 9.06. The minimum absolute atomic E-state index is 0.265. The Morgan fingerprint density at radius 3 is 2.84 bits per heavy atom. The first-order valence-electron chi connectivity index (χ1n) is 5.50. The summed E-state index contributed by atoms with van der Waals surface area (Å²) in [5, 5.41) is 10.2. The van der Waals surface area contributed by atoms with Crippen molar-refractivity contribution in [1.82, 2.24) is 10.2 Å². The van der Waals surface area contributed by atoms with Gasteiger partial charge in [-0.25, -0.2) is 0 Å². The number of nitrogens with one attached hydrogen (secondary N) is 2. The van der Waals surface area contributed by atoms with E-state index in [0.29, 0.717) is 15.9 Å². The minimum atomic E-state index is -0.265. The highest BCUT2D eigenvalue weighted by molar-refractivity contribution is 6.35. The number of nitrogens with zero attached hydrogens (tertiary/aromatic N) is 1. The van der Waals surface area contributed by atoms with E-state index < -0.39 is 0 Å². The number of aromatic amines is 1. The van der Waals surface area contributed by atoms with Gasteiger partial charge < -0.3 is 5.32 Å². The molecule has 0 radical (unpaired) electrons. The van der Waals surface area contributed by atoms with Gasteiger partial charge in [0.1, 0.15) is 5.82 Å². The highest BCUT2D eigenvalue weighted by Crippen LogP contribution is 2.22. The molecular weight excluding hydrogens is 285 g/mol. The van der Waals surface area contributed by atoms with Gasteiger partial charge in [0.05, 0.1) is 6.20 Å². The maximum atomic E-state index is 11.7. The fourth-order valence-corrected chi connectivity index (χ4v) is 1.91. The van der Waals surface area contributed by atoms with Crippen LogP contribution in [0.4, 0.5) is 5.82 Å². The van der Waals surface area contributed by atoms with Gasteiger partial charge in [-0.2, -0.15) is 5.10 Å². The van der Waals surface area contributed by atoms with Crippen molar-refractivity contribution in [2.24, 2.45) is 0 Å². The number of hydrogen-bond acceptors (Lipinski definition) is 2. The Morgan fingerprint density at radius 1 is 1.42 bits per heavy atom. The topological polar surface area (TPSA) is 57.8 Å². The molecular formula is C13H11Cl2N3O. The summed E-state index contributed by atoms with van der Waals surface area (Å²) in [4.78, 5) is 11.7. The molecule has 1 aromatic heterocycles.